The standard InChI is InChI=1S/C10H15ClN2/c1-12-8-13(2)7-9-3-5-10(11)6-4-9/h3-6,12H,7-8H2,1-2H3. The van der Waals surface area contributed by atoms with E-state index in [0.717, 1.165) is 18.2 Å². The maximum absolute atomic E-state index is 5.78. The van der Waals surface area contributed by atoms with Gasteiger partial charge in [0, 0.05) is 18.2 Å². The number of hydrogen-bond acceptors (Lipinski definition) is 2. The maximum Gasteiger partial charge on any atom is 0.0478 e. The predicted octanol–water partition coefficient (Wildman–Crippen LogP) is 1.95. The fourth-order valence-corrected chi connectivity index (χ4v) is 1.35. The van der Waals surface area contributed by atoms with Crippen LogP contribution in [0.3, 0.4) is 0 Å². The summed E-state index contributed by atoms with van der Waals surface area (Å²) in [5, 5.41) is 3.89. The molecular formula is C10H15ClN2. The number of hydrogen-bond donors (Lipinski definition) is 1. The molecule has 1 aromatic rings. The van der Waals surface area contributed by atoms with Crippen molar-refractivity contribution >= 4 is 11.6 Å². The molecule has 0 fully saturated rings. The molecule has 1 N–H and O–H groups in total. The van der Waals surface area contributed by atoms with Crippen LogP contribution in [0.4, 0.5) is 0 Å². The SMILES string of the molecule is CNCN(C)Cc1ccc(Cl)cc1. The zero-order valence-electron chi connectivity index (χ0n) is 8.05. The van der Waals surface area contributed by atoms with Gasteiger partial charge in [-0.3, -0.25) is 4.90 Å². The van der Waals surface area contributed by atoms with Gasteiger partial charge < -0.3 is 5.32 Å². The molecule has 1 rings (SSSR count). The smallest absolute Gasteiger partial charge is 0.0478 e. The number of benzene rings is 1. The highest BCUT2D eigenvalue weighted by molar-refractivity contribution is 6.30. The summed E-state index contributed by atoms with van der Waals surface area (Å²) >= 11 is 5.78. The zero-order chi connectivity index (χ0) is 9.68. The van der Waals surface area contributed by atoms with Crippen molar-refractivity contribution < 1.29 is 0 Å². The molecule has 0 saturated carbocycles. The molecule has 0 aliphatic rings. The van der Waals surface area contributed by atoms with E-state index in [4.69, 9.17) is 11.6 Å². The number of nitrogens with zero attached hydrogens (tertiary/aromatic N) is 1. The Morgan fingerprint density at radius 1 is 1.31 bits per heavy atom. The summed E-state index contributed by atoms with van der Waals surface area (Å²) in [5.41, 5.74) is 1.28. The van der Waals surface area contributed by atoms with Crippen LogP contribution < -0.4 is 5.32 Å². The van der Waals surface area contributed by atoms with Crippen molar-refractivity contribution in [1.82, 2.24) is 10.2 Å². The third-order valence-electron chi connectivity index (χ3n) is 1.79. The van der Waals surface area contributed by atoms with Crippen LogP contribution in [-0.2, 0) is 6.54 Å². The van der Waals surface area contributed by atoms with Gasteiger partial charge in [0.05, 0.1) is 0 Å². The van der Waals surface area contributed by atoms with Gasteiger partial charge in [-0.1, -0.05) is 23.7 Å². The lowest BCUT2D eigenvalue weighted by Crippen LogP contribution is -2.27. The summed E-state index contributed by atoms with van der Waals surface area (Å²) in [6.45, 7) is 1.83. The van der Waals surface area contributed by atoms with Crippen LogP contribution in [0.2, 0.25) is 5.02 Å². The van der Waals surface area contributed by atoms with E-state index in [1.165, 1.54) is 5.56 Å². The lowest BCUT2D eigenvalue weighted by Gasteiger charge is -2.15. The normalized spacial score (nSPS) is 10.8. The summed E-state index contributed by atoms with van der Waals surface area (Å²) in [6, 6.07) is 7.94. The fraction of sp³-hybridized carbons (Fsp3) is 0.400. The number of nitrogens with one attached hydrogen (secondary N) is 1. The number of halogens is 1. The van der Waals surface area contributed by atoms with E-state index in [-0.39, 0.29) is 0 Å². The average molecular weight is 199 g/mol. The van der Waals surface area contributed by atoms with Crippen molar-refractivity contribution in [3.8, 4) is 0 Å². The molecule has 3 heteroatoms. The molecule has 0 bridgehead atoms. The van der Waals surface area contributed by atoms with Crippen LogP contribution in [0.1, 0.15) is 5.56 Å². The molecule has 0 atom stereocenters. The van der Waals surface area contributed by atoms with Crippen molar-refractivity contribution in [2.24, 2.45) is 0 Å². The van der Waals surface area contributed by atoms with Gasteiger partial charge in [-0.25, -0.2) is 0 Å². The fourth-order valence-electron chi connectivity index (χ4n) is 1.23. The van der Waals surface area contributed by atoms with Crippen molar-refractivity contribution in [2.45, 2.75) is 6.54 Å². The molecular weight excluding hydrogens is 184 g/mol. The van der Waals surface area contributed by atoms with E-state index >= 15 is 0 Å². The Kier molecular flexibility index (Phi) is 4.22. The van der Waals surface area contributed by atoms with Crippen molar-refractivity contribution in [2.75, 3.05) is 20.8 Å². The van der Waals surface area contributed by atoms with Gasteiger partial charge in [0.1, 0.15) is 0 Å². The topological polar surface area (TPSA) is 15.3 Å². The summed E-state index contributed by atoms with van der Waals surface area (Å²) in [5.74, 6) is 0. The molecule has 0 spiro atoms. The predicted molar refractivity (Wildman–Crippen MR) is 56.8 cm³/mol. The third-order valence-corrected chi connectivity index (χ3v) is 2.05. The second-order valence-corrected chi connectivity index (χ2v) is 3.59. The van der Waals surface area contributed by atoms with Crippen LogP contribution in [-0.4, -0.2) is 25.7 Å². The van der Waals surface area contributed by atoms with Crippen LogP contribution >= 0.6 is 11.6 Å². The van der Waals surface area contributed by atoms with Crippen molar-refractivity contribution in [3.05, 3.63) is 34.9 Å². The summed E-state index contributed by atoms with van der Waals surface area (Å²) < 4.78 is 0. The third kappa shape index (κ3) is 3.77. The minimum absolute atomic E-state index is 0.792. The first kappa shape index (κ1) is 10.5. The summed E-state index contributed by atoms with van der Waals surface area (Å²) in [6.07, 6.45) is 0. The van der Waals surface area contributed by atoms with Gasteiger partial charge in [0.15, 0.2) is 0 Å². The molecule has 0 heterocycles. The van der Waals surface area contributed by atoms with Crippen LogP contribution in [0.5, 0.6) is 0 Å². The van der Waals surface area contributed by atoms with E-state index < -0.39 is 0 Å². The van der Waals surface area contributed by atoms with E-state index in [9.17, 15) is 0 Å². The lowest BCUT2D eigenvalue weighted by atomic mass is 10.2. The Hall–Kier alpha value is -0.570. The van der Waals surface area contributed by atoms with E-state index in [0.29, 0.717) is 0 Å². The molecule has 72 valence electrons. The molecule has 0 radical (unpaired) electrons. The second kappa shape index (κ2) is 5.22. The van der Waals surface area contributed by atoms with E-state index in [1.807, 2.05) is 19.2 Å². The Morgan fingerprint density at radius 3 is 2.46 bits per heavy atom. The molecule has 1 aromatic carbocycles. The minimum Gasteiger partial charge on any atom is -0.307 e. The quantitative estimate of drug-likeness (QED) is 0.745. The monoisotopic (exact) mass is 198 g/mol. The van der Waals surface area contributed by atoms with Crippen LogP contribution in [0.15, 0.2) is 24.3 Å². The van der Waals surface area contributed by atoms with E-state index in [1.54, 1.807) is 0 Å². The minimum atomic E-state index is 0.792. The Balaban J connectivity index is 2.49. The Labute approximate surface area is 84.5 Å². The first-order chi connectivity index (χ1) is 6.22. The highest BCUT2D eigenvalue weighted by Gasteiger charge is 1.97. The lowest BCUT2D eigenvalue weighted by molar-refractivity contribution is 0.310. The first-order valence-electron chi connectivity index (χ1n) is 4.30. The summed E-state index contributed by atoms with van der Waals surface area (Å²) in [4.78, 5) is 2.20. The Bertz CT molecular complexity index is 246. The van der Waals surface area contributed by atoms with Crippen molar-refractivity contribution in [3.63, 3.8) is 0 Å². The summed E-state index contributed by atoms with van der Waals surface area (Å²) in [7, 11) is 4.02. The van der Waals surface area contributed by atoms with Crippen molar-refractivity contribution in [1.29, 1.82) is 0 Å². The average Bonchev–Trinajstić information content (AvgIpc) is 2.09. The van der Waals surface area contributed by atoms with Gasteiger partial charge >= 0.3 is 0 Å². The van der Waals surface area contributed by atoms with Crippen LogP contribution in [0.25, 0.3) is 0 Å². The molecule has 0 saturated heterocycles. The van der Waals surface area contributed by atoms with Gasteiger partial charge in [0.25, 0.3) is 0 Å². The van der Waals surface area contributed by atoms with Gasteiger partial charge in [-0.05, 0) is 31.8 Å². The number of rotatable bonds is 4. The van der Waals surface area contributed by atoms with E-state index in [2.05, 4.69) is 29.4 Å². The largest absolute Gasteiger partial charge is 0.307 e. The zero-order valence-corrected chi connectivity index (χ0v) is 8.80. The van der Waals surface area contributed by atoms with Gasteiger partial charge in [-0.2, -0.15) is 0 Å². The Morgan fingerprint density at radius 2 is 1.92 bits per heavy atom. The molecule has 0 amide bonds. The molecule has 2 nitrogen and oxygen atoms in total. The molecule has 0 unspecified atom stereocenters. The van der Waals surface area contributed by atoms with Gasteiger partial charge in [0.2, 0.25) is 0 Å². The molecule has 13 heavy (non-hydrogen) atoms. The molecule has 0 aliphatic heterocycles. The second-order valence-electron chi connectivity index (χ2n) is 3.15. The first-order valence-corrected chi connectivity index (χ1v) is 4.68. The highest BCUT2D eigenvalue weighted by atomic mass is 35.5. The van der Waals surface area contributed by atoms with Crippen LogP contribution in [0, 0.1) is 0 Å². The molecule has 0 aromatic heterocycles. The van der Waals surface area contributed by atoms with Gasteiger partial charge in [-0.15, -0.1) is 0 Å². The molecule has 0 aliphatic carbocycles. The highest BCUT2D eigenvalue weighted by Crippen LogP contribution is 2.10. The maximum atomic E-state index is 5.78.